The van der Waals surface area contributed by atoms with Crippen LogP contribution in [-0.2, 0) is 0 Å². The number of nitrogens with zero attached hydrogens (tertiary/aromatic N) is 1. The highest BCUT2D eigenvalue weighted by molar-refractivity contribution is 9.10. The van der Waals surface area contributed by atoms with Gasteiger partial charge in [0, 0.05) is 36.3 Å². The Morgan fingerprint density at radius 2 is 2.22 bits per heavy atom. The molecule has 0 amide bonds. The van der Waals surface area contributed by atoms with Gasteiger partial charge in [-0.15, -0.1) is 0 Å². The topological polar surface area (TPSA) is 35.5 Å². The summed E-state index contributed by atoms with van der Waals surface area (Å²) in [4.78, 5) is 2.43. The van der Waals surface area contributed by atoms with Crippen molar-refractivity contribution in [2.24, 2.45) is 0 Å². The molecule has 1 aromatic carbocycles. The predicted molar refractivity (Wildman–Crippen MR) is 79.2 cm³/mol. The zero-order chi connectivity index (χ0) is 13.1. The van der Waals surface area contributed by atoms with Crippen molar-refractivity contribution in [3.8, 4) is 0 Å². The van der Waals surface area contributed by atoms with Crippen LogP contribution in [0.15, 0.2) is 22.7 Å². The first kappa shape index (κ1) is 13.8. The van der Waals surface area contributed by atoms with E-state index in [9.17, 15) is 5.11 Å². The molecule has 100 valence electrons. The van der Waals surface area contributed by atoms with Crippen LogP contribution in [0.4, 0.5) is 5.69 Å². The second-order valence-electron chi connectivity index (χ2n) is 5.04. The molecule has 1 aliphatic heterocycles. The Labute approximate surface area is 117 Å². The van der Waals surface area contributed by atoms with Crippen LogP contribution in [0.1, 0.15) is 18.9 Å². The number of rotatable bonds is 3. The first-order valence-corrected chi connectivity index (χ1v) is 7.29. The first-order valence-electron chi connectivity index (χ1n) is 6.49. The Morgan fingerprint density at radius 1 is 1.44 bits per heavy atom. The summed E-state index contributed by atoms with van der Waals surface area (Å²) in [5, 5.41) is 12.6. The van der Waals surface area contributed by atoms with Crippen LogP contribution < -0.4 is 10.2 Å². The van der Waals surface area contributed by atoms with E-state index < -0.39 is 0 Å². The minimum Gasteiger partial charge on any atom is -0.396 e. The molecule has 3 nitrogen and oxygen atoms in total. The maximum absolute atomic E-state index is 9.22. The van der Waals surface area contributed by atoms with Crippen molar-refractivity contribution in [3.63, 3.8) is 0 Å². The van der Waals surface area contributed by atoms with Crippen molar-refractivity contribution in [1.29, 1.82) is 0 Å². The molecule has 1 aromatic rings. The minimum atomic E-state index is 0.235. The fraction of sp³-hybridized carbons (Fsp3) is 0.571. The zero-order valence-electron chi connectivity index (χ0n) is 11.0. The van der Waals surface area contributed by atoms with Crippen molar-refractivity contribution in [2.45, 2.75) is 32.4 Å². The van der Waals surface area contributed by atoms with Gasteiger partial charge in [0.15, 0.2) is 0 Å². The molecule has 0 aromatic heterocycles. The monoisotopic (exact) mass is 312 g/mol. The van der Waals surface area contributed by atoms with E-state index in [1.807, 2.05) is 0 Å². The molecule has 0 spiro atoms. The fourth-order valence-corrected chi connectivity index (χ4v) is 3.36. The number of hydrogen-bond donors (Lipinski definition) is 2. The number of aliphatic hydroxyl groups is 1. The molecule has 4 heteroatoms. The molecule has 1 heterocycles. The average molecular weight is 313 g/mol. The molecule has 1 saturated heterocycles. The summed E-state index contributed by atoms with van der Waals surface area (Å²) in [5.74, 6) is 0. The number of nitrogens with one attached hydrogen (secondary N) is 1. The van der Waals surface area contributed by atoms with E-state index >= 15 is 0 Å². The van der Waals surface area contributed by atoms with E-state index in [1.165, 1.54) is 11.3 Å². The van der Waals surface area contributed by atoms with Gasteiger partial charge >= 0.3 is 0 Å². The molecule has 1 fully saturated rings. The minimum absolute atomic E-state index is 0.235. The third-order valence-electron chi connectivity index (χ3n) is 3.53. The van der Waals surface area contributed by atoms with Gasteiger partial charge in [0.05, 0.1) is 5.69 Å². The normalized spacial score (nSPS) is 24.3. The van der Waals surface area contributed by atoms with E-state index in [2.05, 4.69) is 58.2 Å². The third-order valence-corrected chi connectivity index (χ3v) is 4.17. The van der Waals surface area contributed by atoms with Gasteiger partial charge in [-0.05, 0) is 53.9 Å². The molecule has 0 saturated carbocycles. The first-order chi connectivity index (χ1) is 8.63. The van der Waals surface area contributed by atoms with Crippen molar-refractivity contribution >= 4 is 21.6 Å². The maximum atomic E-state index is 9.22. The van der Waals surface area contributed by atoms with Crippen molar-refractivity contribution in [3.05, 3.63) is 28.2 Å². The van der Waals surface area contributed by atoms with Crippen molar-refractivity contribution in [1.82, 2.24) is 5.32 Å². The van der Waals surface area contributed by atoms with Crippen LogP contribution >= 0.6 is 15.9 Å². The van der Waals surface area contributed by atoms with Crippen molar-refractivity contribution in [2.75, 3.05) is 24.6 Å². The van der Waals surface area contributed by atoms with Gasteiger partial charge < -0.3 is 15.3 Å². The van der Waals surface area contributed by atoms with Gasteiger partial charge in [0.25, 0.3) is 0 Å². The van der Waals surface area contributed by atoms with Crippen LogP contribution in [0.3, 0.4) is 0 Å². The third kappa shape index (κ3) is 2.87. The summed E-state index contributed by atoms with van der Waals surface area (Å²) >= 11 is 3.66. The Kier molecular flexibility index (Phi) is 4.65. The standard InChI is InChI=1S/C14H21BrN2O/c1-10-3-4-14(13(15)7-10)17-11(2)8-16-9-12(17)5-6-18/h3-4,7,11-12,16,18H,5-6,8-9H2,1-2H3. The largest absolute Gasteiger partial charge is 0.396 e. The molecule has 2 rings (SSSR count). The molecule has 18 heavy (non-hydrogen) atoms. The van der Waals surface area contributed by atoms with Gasteiger partial charge in [-0.3, -0.25) is 0 Å². The number of halogens is 1. The molecular weight excluding hydrogens is 292 g/mol. The maximum Gasteiger partial charge on any atom is 0.0516 e. The smallest absolute Gasteiger partial charge is 0.0516 e. The van der Waals surface area contributed by atoms with Gasteiger partial charge in [-0.1, -0.05) is 6.07 Å². The van der Waals surface area contributed by atoms with Crippen LogP contribution in [0.25, 0.3) is 0 Å². The number of anilines is 1. The number of hydrogen-bond acceptors (Lipinski definition) is 3. The van der Waals surface area contributed by atoms with Crippen LogP contribution in [0, 0.1) is 6.92 Å². The van der Waals surface area contributed by atoms with Gasteiger partial charge in [0.2, 0.25) is 0 Å². The zero-order valence-corrected chi connectivity index (χ0v) is 12.6. The number of aryl methyl sites for hydroxylation is 1. The Bertz CT molecular complexity index is 409. The van der Waals surface area contributed by atoms with Crippen LogP contribution in [-0.4, -0.2) is 36.9 Å². The average Bonchev–Trinajstić information content (AvgIpc) is 2.31. The molecular formula is C14H21BrN2O. The van der Waals surface area contributed by atoms with E-state index in [-0.39, 0.29) is 6.61 Å². The lowest BCUT2D eigenvalue weighted by atomic mass is 10.0. The highest BCUT2D eigenvalue weighted by Crippen LogP contribution is 2.31. The summed E-state index contributed by atoms with van der Waals surface area (Å²) in [6.07, 6.45) is 0.803. The highest BCUT2D eigenvalue weighted by atomic mass is 79.9. The Hall–Kier alpha value is -0.580. The highest BCUT2D eigenvalue weighted by Gasteiger charge is 2.28. The Balaban J connectivity index is 2.31. The van der Waals surface area contributed by atoms with E-state index in [0.717, 1.165) is 24.0 Å². The predicted octanol–water partition coefficient (Wildman–Crippen LogP) is 2.31. The molecule has 0 radical (unpaired) electrons. The van der Waals surface area contributed by atoms with E-state index in [1.54, 1.807) is 0 Å². The Morgan fingerprint density at radius 3 is 2.89 bits per heavy atom. The summed E-state index contributed by atoms with van der Waals surface area (Å²) < 4.78 is 1.14. The molecule has 2 unspecified atom stereocenters. The fourth-order valence-electron chi connectivity index (χ4n) is 2.66. The van der Waals surface area contributed by atoms with Crippen LogP contribution in [0.5, 0.6) is 0 Å². The van der Waals surface area contributed by atoms with Gasteiger partial charge in [-0.25, -0.2) is 0 Å². The number of benzene rings is 1. The van der Waals surface area contributed by atoms with Crippen LogP contribution in [0.2, 0.25) is 0 Å². The van der Waals surface area contributed by atoms with Crippen molar-refractivity contribution < 1.29 is 5.11 Å². The molecule has 0 bridgehead atoms. The molecule has 2 N–H and O–H groups in total. The summed E-state index contributed by atoms with van der Waals surface area (Å²) in [7, 11) is 0. The molecule has 0 aliphatic carbocycles. The second-order valence-corrected chi connectivity index (χ2v) is 5.89. The lowest BCUT2D eigenvalue weighted by Gasteiger charge is -2.43. The van der Waals surface area contributed by atoms with Gasteiger partial charge in [0.1, 0.15) is 0 Å². The summed E-state index contributed by atoms with van der Waals surface area (Å²) in [6.45, 7) is 6.48. The lowest BCUT2D eigenvalue weighted by Crippen LogP contribution is -2.56. The second kappa shape index (κ2) is 6.04. The summed E-state index contributed by atoms with van der Waals surface area (Å²) in [6, 6.07) is 7.27. The molecule has 2 atom stereocenters. The SMILES string of the molecule is Cc1ccc(N2C(C)CNCC2CCO)c(Br)c1. The van der Waals surface area contributed by atoms with Gasteiger partial charge in [-0.2, -0.15) is 0 Å². The van der Waals surface area contributed by atoms with E-state index in [0.29, 0.717) is 12.1 Å². The lowest BCUT2D eigenvalue weighted by molar-refractivity contribution is 0.259. The molecule has 1 aliphatic rings. The van der Waals surface area contributed by atoms with E-state index in [4.69, 9.17) is 0 Å². The summed E-state index contributed by atoms with van der Waals surface area (Å²) in [5.41, 5.74) is 2.49. The quantitative estimate of drug-likeness (QED) is 0.899. The number of aliphatic hydroxyl groups excluding tert-OH is 1. The number of piperazine rings is 1.